The molecule has 0 unspecified atom stereocenters. The highest BCUT2D eigenvalue weighted by atomic mass is 16.5. The number of benzene rings is 2. The lowest BCUT2D eigenvalue weighted by molar-refractivity contribution is -0.137. The lowest BCUT2D eigenvalue weighted by Gasteiger charge is -2.07. The van der Waals surface area contributed by atoms with E-state index in [9.17, 15) is 9.59 Å². The highest BCUT2D eigenvalue weighted by Gasteiger charge is 2.11. The van der Waals surface area contributed by atoms with Gasteiger partial charge in [-0.2, -0.15) is 0 Å². The third-order valence-corrected chi connectivity index (χ3v) is 3.84. The Kier molecular flexibility index (Phi) is 5.03. The van der Waals surface area contributed by atoms with Crippen LogP contribution in [0.15, 0.2) is 60.8 Å². The molecule has 0 aliphatic heterocycles. The van der Waals surface area contributed by atoms with Crippen LogP contribution in [0.2, 0.25) is 0 Å². The quantitative estimate of drug-likeness (QED) is 0.637. The number of carboxylic acids is 2. The number of carboxylic acid groups (broad SMARTS) is 2. The van der Waals surface area contributed by atoms with Gasteiger partial charge in [0.25, 0.3) is 0 Å². The number of aromatic nitrogens is 1. The van der Waals surface area contributed by atoms with Crippen LogP contribution in [0.25, 0.3) is 17.0 Å². The van der Waals surface area contributed by atoms with Crippen molar-refractivity contribution in [3.63, 3.8) is 0 Å². The Morgan fingerprint density at radius 3 is 2.54 bits per heavy atom. The Morgan fingerprint density at radius 1 is 1.08 bits per heavy atom. The van der Waals surface area contributed by atoms with Gasteiger partial charge >= 0.3 is 11.9 Å². The molecule has 1 aromatic heterocycles. The van der Waals surface area contributed by atoms with E-state index >= 15 is 0 Å². The van der Waals surface area contributed by atoms with E-state index in [1.54, 1.807) is 29.0 Å². The van der Waals surface area contributed by atoms with E-state index in [1.807, 2.05) is 30.3 Å². The van der Waals surface area contributed by atoms with E-state index in [1.165, 1.54) is 6.08 Å². The Labute approximate surface area is 149 Å². The molecule has 0 aliphatic rings. The van der Waals surface area contributed by atoms with Gasteiger partial charge in [0.15, 0.2) is 0 Å². The second kappa shape index (κ2) is 7.57. The van der Waals surface area contributed by atoms with E-state index in [4.69, 9.17) is 14.9 Å². The van der Waals surface area contributed by atoms with Crippen molar-refractivity contribution in [2.75, 3.05) is 0 Å². The van der Waals surface area contributed by atoms with Gasteiger partial charge in [-0.05, 0) is 29.8 Å². The molecular weight excluding hydrogens is 334 g/mol. The molecule has 0 saturated carbocycles. The predicted molar refractivity (Wildman–Crippen MR) is 97.0 cm³/mol. The van der Waals surface area contributed by atoms with Gasteiger partial charge in [0.05, 0.1) is 0 Å². The van der Waals surface area contributed by atoms with Crippen LogP contribution in [-0.4, -0.2) is 26.7 Å². The van der Waals surface area contributed by atoms with Gasteiger partial charge in [-0.1, -0.05) is 30.3 Å². The van der Waals surface area contributed by atoms with Crippen molar-refractivity contribution in [3.8, 4) is 5.75 Å². The van der Waals surface area contributed by atoms with Crippen molar-refractivity contribution >= 4 is 28.9 Å². The largest absolute Gasteiger partial charge is 0.489 e. The van der Waals surface area contributed by atoms with Gasteiger partial charge in [-0.25, -0.2) is 4.79 Å². The lowest BCUT2D eigenvalue weighted by Crippen LogP contribution is -2.07. The summed E-state index contributed by atoms with van der Waals surface area (Å²) in [5.74, 6) is -1.42. The number of hydrogen-bond acceptors (Lipinski definition) is 3. The molecule has 0 amide bonds. The minimum Gasteiger partial charge on any atom is -0.489 e. The molecule has 0 saturated heterocycles. The molecular formula is C20H17NO5. The second-order valence-electron chi connectivity index (χ2n) is 5.73. The van der Waals surface area contributed by atoms with Gasteiger partial charge in [-0.15, -0.1) is 0 Å². The van der Waals surface area contributed by atoms with Gasteiger partial charge in [0.1, 0.15) is 18.9 Å². The lowest BCUT2D eigenvalue weighted by atomic mass is 10.1. The number of nitrogens with zero attached hydrogens (tertiary/aromatic N) is 1. The molecule has 0 fully saturated rings. The third kappa shape index (κ3) is 4.10. The van der Waals surface area contributed by atoms with E-state index in [0.29, 0.717) is 23.4 Å². The molecule has 26 heavy (non-hydrogen) atoms. The van der Waals surface area contributed by atoms with Crippen LogP contribution in [0.3, 0.4) is 0 Å². The van der Waals surface area contributed by atoms with E-state index < -0.39 is 11.9 Å². The third-order valence-electron chi connectivity index (χ3n) is 3.84. The minimum atomic E-state index is -1.07. The number of fused-ring (bicyclic) bond motifs is 1. The van der Waals surface area contributed by atoms with Crippen LogP contribution in [-0.2, 0) is 22.7 Å². The van der Waals surface area contributed by atoms with Crippen molar-refractivity contribution in [1.29, 1.82) is 0 Å². The number of aliphatic carboxylic acids is 2. The summed E-state index contributed by atoms with van der Waals surface area (Å²) in [7, 11) is 0. The number of rotatable bonds is 7. The fourth-order valence-corrected chi connectivity index (χ4v) is 2.70. The Morgan fingerprint density at radius 2 is 1.85 bits per heavy atom. The standard InChI is InChI=1S/C20H17NO5/c22-19(23)9-6-15-11-21(12-20(24)25)18-8-7-16(10-17(15)18)26-13-14-4-2-1-3-5-14/h1-11H,12-13H2,(H,22,23)(H,24,25)/b9-6+. The van der Waals surface area contributed by atoms with Gasteiger partial charge in [0.2, 0.25) is 0 Å². The highest BCUT2D eigenvalue weighted by Crippen LogP contribution is 2.27. The second-order valence-corrected chi connectivity index (χ2v) is 5.73. The maximum absolute atomic E-state index is 11.1. The van der Waals surface area contributed by atoms with Crippen molar-refractivity contribution < 1.29 is 24.5 Å². The molecule has 1 heterocycles. The van der Waals surface area contributed by atoms with E-state index in [0.717, 1.165) is 17.0 Å². The Hall–Kier alpha value is -3.54. The van der Waals surface area contributed by atoms with Crippen molar-refractivity contribution in [3.05, 3.63) is 71.9 Å². The van der Waals surface area contributed by atoms with Gasteiger partial charge in [-0.3, -0.25) is 4.79 Å². The Bertz CT molecular complexity index is 973. The Balaban J connectivity index is 1.93. The normalized spacial score (nSPS) is 11.1. The first-order valence-corrected chi connectivity index (χ1v) is 7.95. The molecule has 0 aliphatic carbocycles. The van der Waals surface area contributed by atoms with Crippen LogP contribution in [0.5, 0.6) is 5.75 Å². The number of hydrogen-bond donors (Lipinski definition) is 2. The first-order chi connectivity index (χ1) is 12.5. The summed E-state index contributed by atoms with van der Waals surface area (Å²) in [5, 5.41) is 18.6. The van der Waals surface area contributed by atoms with Crippen molar-refractivity contribution in [2.24, 2.45) is 0 Å². The van der Waals surface area contributed by atoms with E-state index in [-0.39, 0.29) is 6.54 Å². The molecule has 0 bridgehead atoms. The molecule has 2 aromatic carbocycles. The first-order valence-electron chi connectivity index (χ1n) is 7.95. The van der Waals surface area contributed by atoms with Crippen molar-refractivity contribution in [1.82, 2.24) is 4.57 Å². The fourth-order valence-electron chi connectivity index (χ4n) is 2.70. The molecule has 3 aromatic rings. The topological polar surface area (TPSA) is 88.8 Å². The summed E-state index contributed by atoms with van der Waals surface area (Å²) >= 11 is 0. The van der Waals surface area contributed by atoms with E-state index in [2.05, 4.69) is 0 Å². The zero-order valence-corrected chi connectivity index (χ0v) is 13.8. The summed E-state index contributed by atoms with van der Waals surface area (Å²) < 4.78 is 7.37. The molecule has 3 rings (SSSR count). The summed E-state index contributed by atoms with van der Waals surface area (Å²) in [4.78, 5) is 21.9. The summed E-state index contributed by atoms with van der Waals surface area (Å²) in [6, 6.07) is 15.1. The average Bonchev–Trinajstić information content (AvgIpc) is 2.95. The SMILES string of the molecule is O=C(O)/C=C/c1cn(CC(=O)O)c2ccc(OCc3ccccc3)cc12. The van der Waals surface area contributed by atoms with Crippen LogP contribution < -0.4 is 4.74 Å². The highest BCUT2D eigenvalue weighted by molar-refractivity contribution is 5.95. The zero-order valence-electron chi connectivity index (χ0n) is 13.8. The number of carbonyl (C=O) groups is 2. The molecule has 0 radical (unpaired) electrons. The van der Waals surface area contributed by atoms with Crippen LogP contribution in [0.4, 0.5) is 0 Å². The molecule has 0 spiro atoms. The molecule has 2 N–H and O–H groups in total. The maximum Gasteiger partial charge on any atom is 0.328 e. The molecule has 6 nitrogen and oxygen atoms in total. The van der Waals surface area contributed by atoms with Crippen LogP contribution in [0, 0.1) is 0 Å². The monoisotopic (exact) mass is 351 g/mol. The van der Waals surface area contributed by atoms with Crippen molar-refractivity contribution in [2.45, 2.75) is 13.2 Å². The number of ether oxygens (including phenoxy) is 1. The van der Waals surface area contributed by atoms with Crippen LogP contribution >= 0.6 is 0 Å². The predicted octanol–water partition coefficient (Wildman–Crippen LogP) is 3.40. The van der Waals surface area contributed by atoms with Gasteiger partial charge < -0.3 is 19.5 Å². The fraction of sp³-hybridized carbons (Fsp3) is 0.100. The summed E-state index contributed by atoms with van der Waals surface area (Å²) in [6.45, 7) is 0.199. The smallest absolute Gasteiger partial charge is 0.328 e. The summed E-state index contributed by atoms with van der Waals surface area (Å²) in [5.41, 5.74) is 2.35. The molecule has 132 valence electrons. The van der Waals surface area contributed by atoms with Crippen LogP contribution in [0.1, 0.15) is 11.1 Å². The average molecular weight is 351 g/mol. The summed E-state index contributed by atoms with van der Waals surface area (Å²) in [6.07, 6.45) is 4.10. The molecule has 0 atom stereocenters. The van der Waals surface area contributed by atoms with Gasteiger partial charge in [0, 0.05) is 28.7 Å². The minimum absolute atomic E-state index is 0.207. The first kappa shape index (κ1) is 17.3. The maximum atomic E-state index is 11.1. The zero-order chi connectivity index (χ0) is 18.5. The molecule has 6 heteroatoms.